The normalized spacial score (nSPS) is 21.5. The highest BCUT2D eigenvalue weighted by molar-refractivity contribution is 6.01. The number of carbonyl (C=O) groups is 2. The number of nitrogens with one attached hydrogen (secondary N) is 2. The third kappa shape index (κ3) is 5.24. The first-order valence-corrected chi connectivity index (χ1v) is 9.94. The van der Waals surface area contributed by atoms with Gasteiger partial charge in [0, 0.05) is 11.3 Å². The van der Waals surface area contributed by atoms with E-state index in [9.17, 15) is 14.7 Å². The molecule has 2 amide bonds. The van der Waals surface area contributed by atoms with Crippen LogP contribution in [0.4, 0.5) is 10.5 Å². The summed E-state index contributed by atoms with van der Waals surface area (Å²) < 4.78 is 5.23. The summed E-state index contributed by atoms with van der Waals surface area (Å²) in [5.74, 6) is -0.618. The number of hydrogen-bond donors (Lipinski definition) is 3. The summed E-state index contributed by atoms with van der Waals surface area (Å²) in [5, 5.41) is 25.9. The monoisotopic (exact) mass is 410 g/mol. The largest absolute Gasteiger partial charge is 0.444 e. The Morgan fingerprint density at radius 3 is 2.67 bits per heavy atom. The molecule has 1 fully saturated rings. The number of pyridine rings is 1. The second kappa shape index (κ2) is 8.67. The van der Waals surface area contributed by atoms with Gasteiger partial charge >= 0.3 is 6.09 Å². The van der Waals surface area contributed by atoms with Gasteiger partial charge in [-0.1, -0.05) is 12.1 Å². The Hall–Kier alpha value is -3.18. The third-order valence-corrected chi connectivity index (χ3v) is 4.98. The van der Waals surface area contributed by atoms with E-state index in [0.717, 1.165) is 5.39 Å². The van der Waals surface area contributed by atoms with Crippen LogP contribution >= 0.6 is 0 Å². The fourth-order valence-electron chi connectivity index (χ4n) is 3.56. The molecule has 1 aromatic heterocycles. The van der Waals surface area contributed by atoms with Crippen molar-refractivity contribution in [1.82, 2.24) is 10.3 Å². The third-order valence-electron chi connectivity index (χ3n) is 4.98. The van der Waals surface area contributed by atoms with Crippen LogP contribution in [-0.2, 0) is 9.53 Å². The van der Waals surface area contributed by atoms with Gasteiger partial charge in [-0.05, 0) is 58.2 Å². The van der Waals surface area contributed by atoms with E-state index in [1.54, 1.807) is 39.0 Å². The average Bonchev–Trinajstić information content (AvgIpc) is 2.68. The molecule has 30 heavy (non-hydrogen) atoms. The summed E-state index contributed by atoms with van der Waals surface area (Å²) in [6, 6.07) is 10.4. The Morgan fingerprint density at radius 1 is 1.23 bits per heavy atom. The molecule has 1 heterocycles. The predicted octanol–water partition coefficient (Wildman–Crippen LogP) is 3.10. The first kappa shape index (κ1) is 21.5. The molecule has 0 bridgehead atoms. The van der Waals surface area contributed by atoms with Crippen LogP contribution < -0.4 is 10.6 Å². The molecule has 158 valence electrons. The molecular weight excluding hydrogens is 384 g/mol. The fraction of sp³-hybridized carbons (Fsp3) is 0.455. The van der Waals surface area contributed by atoms with Crippen LogP contribution in [0.25, 0.3) is 10.9 Å². The number of hydrogen-bond acceptors (Lipinski definition) is 6. The standard InChI is InChI=1S/C22H26N4O4/c1-22(2,3)30-21(29)26-16-10-8-14(11-18(16)27)20(28)25-17-6-4-5-13-7-9-15(12-23)24-19(13)17/h4-7,9,14,16,18,27H,8,10-11H2,1-3H3,(H,25,28)(H,26,29)/t14-,16-,18+/m1/s1. The maximum Gasteiger partial charge on any atom is 0.407 e. The Kier molecular flexibility index (Phi) is 6.22. The zero-order chi connectivity index (χ0) is 21.9. The van der Waals surface area contributed by atoms with Crippen molar-refractivity contribution >= 4 is 28.6 Å². The smallest absolute Gasteiger partial charge is 0.407 e. The minimum absolute atomic E-state index is 0.221. The highest BCUT2D eigenvalue weighted by atomic mass is 16.6. The van der Waals surface area contributed by atoms with E-state index in [2.05, 4.69) is 15.6 Å². The lowest BCUT2D eigenvalue weighted by Crippen LogP contribution is -2.49. The molecule has 1 aliphatic rings. The molecule has 0 spiro atoms. The minimum atomic E-state index is -0.849. The van der Waals surface area contributed by atoms with Gasteiger partial charge in [0.05, 0.1) is 23.3 Å². The molecule has 1 aliphatic carbocycles. The number of carbonyl (C=O) groups excluding carboxylic acids is 2. The van der Waals surface area contributed by atoms with Crippen LogP contribution in [0, 0.1) is 17.2 Å². The predicted molar refractivity (Wildman–Crippen MR) is 112 cm³/mol. The van der Waals surface area contributed by atoms with Crippen LogP contribution in [0.2, 0.25) is 0 Å². The molecule has 0 aliphatic heterocycles. The molecule has 0 radical (unpaired) electrons. The van der Waals surface area contributed by atoms with Crippen LogP contribution in [0.1, 0.15) is 45.7 Å². The lowest BCUT2D eigenvalue weighted by atomic mass is 9.83. The number of fused-ring (bicyclic) bond motifs is 1. The zero-order valence-corrected chi connectivity index (χ0v) is 17.3. The fourth-order valence-corrected chi connectivity index (χ4v) is 3.56. The second-order valence-electron chi connectivity index (χ2n) is 8.50. The van der Waals surface area contributed by atoms with Gasteiger partial charge in [-0.2, -0.15) is 5.26 Å². The molecule has 1 saturated carbocycles. The number of aromatic nitrogens is 1. The Balaban J connectivity index is 1.64. The summed E-state index contributed by atoms with van der Waals surface area (Å²) in [6.07, 6.45) is -0.216. The van der Waals surface area contributed by atoms with Crippen LogP contribution in [-0.4, -0.2) is 39.8 Å². The lowest BCUT2D eigenvalue weighted by Gasteiger charge is -2.33. The Labute approximate surface area is 175 Å². The van der Waals surface area contributed by atoms with Crippen molar-refractivity contribution in [2.24, 2.45) is 5.92 Å². The number of para-hydroxylation sites is 1. The average molecular weight is 410 g/mol. The number of anilines is 1. The summed E-state index contributed by atoms with van der Waals surface area (Å²) in [7, 11) is 0. The number of nitrogens with zero attached hydrogens (tertiary/aromatic N) is 2. The first-order valence-electron chi connectivity index (χ1n) is 9.94. The van der Waals surface area contributed by atoms with Gasteiger partial charge in [0.2, 0.25) is 5.91 Å². The van der Waals surface area contributed by atoms with E-state index >= 15 is 0 Å². The highest BCUT2D eigenvalue weighted by Gasteiger charge is 2.34. The van der Waals surface area contributed by atoms with E-state index < -0.39 is 29.8 Å². The van der Waals surface area contributed by atoms with Crippen LogP contribution in [0.15, 0.2) is 30.3 Å². The van der Waals surface area contributed by atoms with Crippen molar-refractivity contribution in [3.8, 4) is 6.07 Å². The van der Waals surface area contributed by atoms with Gasteiger partial charge in [0.1, 0.15) is 17.4 Å². The van der Waals surface area contributed by atoms with Crippen molar-refractivity contribution in [3.63, 3.8) is 0 Å². The summed E-state index contributed by atoms with van der Waals surface area (Å²) in [6.45, 7) is 5.31. The lowest BCUT2D eigenvalue weighted by molar-refractivity contribution is -0.122. The van der Waals surface area contributed by atoms with Crippen molar-refractivity contribution in [2.75, 3.05) is 5.32 Å². The highest BCUT2D eigenvalue weighted by Crippen LogP contribution is 2.28. The number of nitriles is 1. The minimum Gasteiger partial charge on any atom is -0.444 e. The number of rotatable bonds is 3. The van der Waals surface area contributed by atoms with E-state index in [1.165, 1.54) is 0 Å². The molecule has 3 N–H and O–H groups in total. The number of ether oxygens (including phenoxy) is 1. The summed E-state index contributed by atoms with van der Waals surface area (Å²) in [5.41, 5.74) is 0.724. The molecule has 3 atom stereocenters. The maximum absolute atomic E-state index is 12.8. The van der Waals surface area contributed by atoms with Crippen molar-refractivity contribution < 1.29 is 19.4 Å². The molecular formula is C22H26N4O4. The van der Waals surface area contributed by atoms with Gasteiger partial charge in [0.15, 0.2) is 0 Å². The Morgan fingerprint density at radius 2 is 2.00 bits per heavy atom. The van der Waals surface area contributed by atoms with E-state index in [-0.39, 0.29) is 18.0 Å². The molecule has 8 nitrogen and oxygen atoms in total. The van der Waals surface area contributed by atoms with Gasteiger partial charge in [0.25, 0.3) is 0 Å². The van der Waals surface area contributed by atoms with Crippen molar-refractivity contribution in [3.05, 3.63) is 36.0 Å². The van der Waals surface area contributed by atoms with Gasteiger partial charge < -0.3 is 20.5 Å². The van der Waals surface area contributed by atoms with Gasteiger partial charge in [-0.15, -0.1) is 0 Å². The first-order chi connectivity index (χ1) is 14.2. The van der Waals surface area contributed by atoms with Gasteiger partial charge in [-0.25, -0.2) is 9.78 Å². The Bertz CT molecular complexity index is 993. The number of benzene rings is 1. The number of aliphatic hydroxyl groups excluding tert-OH is 1. The van der Waals surface area contributed by atoms with E-state index in [1.807, 2.05) is 18.2 Å². The van der Waals surface area contributed by atoms with Crippen molar-refractivity contribution in [1.29, 1.82) is 5.26 Å². The second-order valence-corrected chi connectivity index (χ2v) is 8.50. The van der Waals surface area contributed by atoms with Crippen LogP contribution in [0.5, 0.6) is 0 Å². The molecule has 8 heteroatoms. The number of alkyl carbamates (subject to hydrolysis) is 1. The summed E-state index contributed by atoms with van der Waals surface area (Å²) in [4.78, 5) is 29.0. The van der Waals surface area contributed by atoms with E-state index in [0.29, 0.717) is 24.0 Å². The number of aliphatic hydroxyl groups is 1. The molecule has 0 saturated heterocycles. The zero-order valence-electron chi connectivity index (χ0n) is 17.3. The quantitative estimate of drug-likeness (QED) is 0.714. The summed E-state index contributed by atoms with van der Waals surface area (Å²) >= 11 is 0. The molecule has 3 rings (SSSR count). The molecule has 0 unspecified atom stereocenters. The molecule has 2 aromatic rings. The topological polar surface area (TPSA) is 124 Å². The SMILES string of the molecule is CC(C)(C)OC(=O)N[C@@H]1CC[C@@H](C(=O)Nc2cccc3ccc(C#N)nc23)C[C@@H]1O. The van der Waals surface area contributed by atoms with Crippen LogP contribution in [0.3, 0.4) is 0 Å². The van der Waals surface area contributed by atoms with E-state index in [4.69, 9.17) is 10.00 Å². The maximum atomic E-state index is 12.8. The van der Waals surface area contributed by atoms with Crippen molar-refractivity contribution in [2.45, 2.75) is 57.8 Å². The number of amides is 2. The molecule has 1 aromatic carbocycles. The van der Waals surface area contributed by atoms with Gasteiger partial charge in [-0.3, -0.25) is 4.79 Å².